The maximum atomic E-state index is 11.4. The molecule has 1 saturated carbocycles. The maximum absolute atomic E-state index is 11.4. The predicted molar refractivity (Wildman–Crippen MR) is 113 cm³/mol. The first-order valence-electron chi connectivity index (χ1n) is 10.8. The van der Waals surface area contributed by atoms with Gasteiger partial charge in [-0.2, -0.15) is 0 Å². The Balaban J connectivity index is 1.76. The highest BCUT2D eigenvalue weighted by molar-refractivity contribution is 5.88. The van der Waals surface area contributed by atoms with E-state index in [-0.39, 0.29) is 12.6 Å². The number of rotatable bonds is 5. The fourth-order valence-electron chi connectivity index (χ4n) is 6.02. The van der Waals surface area contributed by atoms with Gasteiger partial charge in [0.2, 0.25) is 0 Å². The van der Waals surface area contributed by atoms with Gasteiger partial charge in [-0.3, -0.25) is 0 Å². The third-order valence-electron chi connectivity index (χ3n) is 7.55. The lowest BCUT2D eigenvalue weighted by molar-refractivity contribution is -0.132. The fourth-order valence-corrected chi connectivity index (χ4v) is 6.02. The highest BCUT2D eigenvalue weighted by Gasteiger charge is 2.49. The van der Waals surface area contributed by atoms with E-state index < -0.39 is 0 Å². The number of carbonyl (C=O) groups excluding carboxylic acids is 1. The minimum atomic E-state index is -0.315. The quantitative estimate of drug-likeness (QED) is 0.466. The molecule has 0 unspecified atom stereocenters. The molecule has 0 radical (unpaired) electrons. The molecular weight excluding hydrogens is 348 g/mol. The van der Waals surface area contributed by atoms with Gasteiger partial charge < -0.3 is 9.84 Å². The lowest BCUT2D eigenvalue weighted by atomic mass is 9.50. The summed E-state index contributed by atoms with van der Waals surface area (Å²) in [4.78, 5) is 11.4. The molecule has 1 heterocycles. The van der Waals surface area contributed by atoms with Crippen LogP contribution in [0.4, 0.5) is 0 Å². The summed E-state index contributed by atoms with van der Waals surface area (Å²) in [7, 11) is 0. The normalized spacial score (nSPS) is 31.7. The van der Waals surface area contributed by atoms with Crippen molar-refractivity contribution in [3.8, 4) is 0 Å². The van der Waals surface area contributed by atoms with Crippen LogP contribution in [-0.4, -0.2) is 17.7 Å². The Morgan fingerprint density at radius 3 is 2.68 bits per heavy atom. The van der Waals surface area contributed by atoms with E-state index >= 15 is 0 Å². The average Bonchev–Trinajstić information content (AvgIpc) is 2.93. The van der Waals surface area contributed by atoms with Crippen LogP contribution in [0, 0.1) is 16.7 Å². The van der Waals surface area contributed by atoms with Crippen LogP contribution in [0.1, 0.15) is 79.6 Å². The smallest absolute Gasteiger partial charge is 0.336 e. The lowest BCUT2D eigenvalue weighted by Crippen LogP contribution is -2.45. The minimum Gasteiger partial charge on any atom is -0.423 e. The number of hydrogen-bond acceptors (Lipinski definition) is 3. The largest absolute Gasteiger partial charge is 0.423 e. The lowest BCUT2D eigenvalue weighted by Gasteiger charge is -2.55. The molecule has 0 aromatic heterocycles. The molecule has 0 spiro atoms. The van der Waals surface area contributed by atoms with E-state index in [1.54, 1.807) is 11.1 Å². The summed E-state index contributed by atoms with van der Waals surface area (Å²) in [5, 5.41) is 9.86. The molecular formula is C25H36O3. The Morgan fingerprint density at radius 1 is 1.29 bits per heavy atom. The zero-order valence-electron chi connectivity index (χ0n) is 18.2. The van der Waals surface area contributed by atoms with Crippen molar-refractivity contribution in [2.75, 3.05) is 6.61 Å². The Bertz CT molecular complexity index is 763. The van der Waals surface area contributed by atoms with Gasteiger partial charge in [0, 0.05) is 6.08 Å². The minimum absolute atomic E-state index is 0.0401. The first-order chi connectivity index (χ1) is 13.2. The Kier molecular flexibility index (Phi) is 6.05. The van der Waals surface area contributed by atoms with Crippen LogP contribution in [0.2, 0.25) is 0 Å². The first kappa shape index (κ1) is 21.1. The summed E-state index contributed by atoms with van der Waals surface area (Å²) in [5.74, 6) is 1.02. The zero-order chi connectivity index (χ0) is 20.5. The summed E-state index contributed by atoms with van der Waals surface area (Å²) < 4.78 is 5.18. The SMILES string of the molecule is CC1=CC(=O)O/C1=C\C=C(\CO)CCC1=C(C)CC[C@H]2C(C)(C)CCC[C@]12C. The summed E-state index contributed by atoms with van der Waals surface area (Å²) in [6, 6.07) is 0. The number of fused-ring (bicyclic) bond motifs is 1. The predicted octanol–water partition coefficient (Wildman–Crippen LogP) is 6.02. The van der Waals surface area contributed by atoms with E-state index in [0.29, 0.717) is 16.6 Å². The molecule has 3 nitrogen and oxygen atoms in total. The van der Waals surface area contributed by atoms with Gasteiger partial charge in [-0.1, -0.05) is 44.4 Å². The zero-order valence-corrected chi connectivity index (χ0v) is 18.2. The topological polar surface area (TPSA) is 46.5 Å². The number of esters is 1. The number of ether oxygens (including phenoxy) is 1. The number of aliphatic hydroxyl groups is 1. The molecule has 3 rings (SSSR count). The van der Waals surface area contributed by atoms with Gasteiger partial charge in [-0.25, -0.2) is 4.79 Å². The Labute approximate surface area is 170 Å². The number of carbonyl (C=O) groups is 1. The van der Waals surface area contributed by atoms with Crippen molar-refractivity contribution < 1.29 is 14.6 Å². The summed E-state index contributed by atoms with van der Waals surface area (Å²) in [6.07, 6.45) is 13.6. The maximum Gasteiger partial charge on any atom is 0.336 e. The molecule has 2 aliphatic carbocycles. The van der Waals surface area contributed by atoms with E-state index in [1.165, 1.54) is 38.2 Å². The summed E-state index contributed by atoms with van der Waals surface area (Å²) in [5.41, 5.74) is 5.73. The van der Waals surface area contributed by atoms with Gasteiger partial charge in [0.05, 0.1) is 6.61 Å². The Morgan fingerprint density at radius 2 is 2.04 bits per heavy atom. The van der Waals surface area contributed by atoms with Crippen molar-refractivity contribution in [2.45, 2.75) is 79.6 Å². The molecule has 0 bridgehead atoms. The second-order valence-electron chi connectivity index (χ2n) is 9.87. The second-order valence-corrected chi connectivity index (χ2v) is 9.87. The van der Waals surface area contributed by atoms with Crippen molar-refractivity contribution in [1.29, 1.82) is 0 Å². The Hall–Kier alpha value is -1.61. The molecule has 0 amide bonds. The molecule has 2 atom stereocenters. The van der Waals surface area contributed by atoms with Crippen LogP contribution >= 0.6 is 0 Å². The third-order valence-corrected chi connectivity index (χ3v) is 7.55. The van der Waals surface area contributed by atoms with E-state index in [9.17, 15) is 9.90 Å². The van der Waals surface area contributed by atoms with E-state index in [1.807, 2.05) is 19.1 Å². The molecule has 1 N–H and O–H groups in total. The van der Waals surface area contributed by atoms with Crippen LogP contribution in [0.5, 0.6) is 0 Å². The fraction of sp³-hybridized carbons (Fsp3) is 0.640. The molecule has 154 valence electrons. The highest BCUT2D eigenvalue weighted by atomic mass is 16.5. The summed E-state index contributed by atoms with van der Waals surface area (Å²) >= 11 is 0. The molecule has 3 heteroatoms. The third kappa shape index (κ3) is 4.05. The van der Waals surface area contributed by atoms with Gasteiger partial charge in [0.1, 0.15) is 5.76 Å². The molecule has 28 heavy (non-hydrogen) atoms. The van der Waals surface area contributed by atoms with Gasteiger partial charge in [-0.05, 0) is 86.3 Å². The molecule has 1 aliphatic heterocycles. The summed E-state index contributed by atoms with van der Waals surface area (Å²) in [6.45, 7) is 11.6. The van der Waals surface area contributed by atoms with E-state index in [0.717, 1.165) is 29.9 Å². The van der Waals surface area contributed by atoms with Gasteiger partial charge in [0.25, 0.3) is 0 Å². The molecule has 3 aliphatic rings. The standard InChI is InChI=1S/C25H36O3/c1-17-7-12-22-24(3,4)13-6-14-25(22,5)20(17)10-8-19(16-26)9-11-21-18(2)15-23(27)28-21/h9,11,15,22,26H,6-8,10,12-14,16H2,1-5H3/b19-9+,21-11-/t22-,25+/m0/s1. The molecule has 0 saturated heterocycles. The van der Waals surface area contributed by atoms with Crippen LogP contribution in [0.25, 0.3) is 0 Å². The van der Waals surface area contributed by atoms with Gasteiger partial charge >= 0.3 is 5.97 Å². The van der Waals surface area contributed by atoms with E-state index in [4.69, 9.17) is 4.74 Å². The van der Waals surface area contributed by atoms with Crippen molar-refractivity contribution in [1.82, 2.24) is 0 Å². The van der Waals surface area contributed by atoms with Crippen molar-refractivity contribution >= 4 is 5.97 Å². The molecule has 1 fully saturated rings. The second kappa shape index (κ2) is 8.02. The van der Waals surface area contributed by atoms with Crippen LogP contribution in [0.15, 0.2) is 46.3 Å². The number of aliphatic hydroxyl groups excluding tert-OH is 1. The molecule has 0 aromatic rings. The number of cyclic esters (lactones) is 1. The molecule has 0 aromatic carbocycles. The van der Waals surface area contributed by atoms with Crippen LogP contribution in [0.3, 0.4) is 0 Å². The van der Waals surface area contributed by atoms with Crippen molar-refractivity contribution in [3.05, 3.63) is 46.3 Å². The van der Waals surface area contributed by atoms with Crippen molar-refractivity contribution in [3.63, 3.8) is 0 Å². The highest BCUT2D eigenvalue weighted by Crippen LogP contribution is 2.60. The average molecular weight is 385 g/mol. The number of allylic oxidation sites excluding steroid dienone is 5. The first-order valence-corrected chi connectivity index (χ1v) is 10.8. The van der Waals surface area contributed by atoms with E-state index in [2.05, 4.69) is 27.7 Å². The van der Waals surface area contributed by atoms with Crippen LogP contribution in [-0.2, 0) is 9.53 Å². The van der Waals surface area contributed by atoms with Crippen molar-refractivity contribution in [2.24, 2.45) is 16.7 Å². The van der Waals surface area contributed by atoms with Gasteiger partial charge in [0.15, 0.2) is 0 Å². The van der Waals surface area contributed by atoms with Crippen LogP contribution < -0.4 is 0 Å². The number of hydrogen-bond donors (Lipinski definition) is 1. The van der Waals surface area contributed by atoms with Gasteiger partial charge in [-0.15, -0.1) is 0 Å². The monoisotopic (exact) mass is 384 g/mol.